The fourth-order valence-corrected chi connectivity index (χ4v) is 1.63. The topological polar surface area (TPSA) is 20.2 Å². The summed E-state index contributed by atoms with van der Waals surface area (Å²) in [6.07, 6.45) is -3.66. The minimum absolute atomic E-state index is 0.104. The number of benzene rings is 1. The summed E-state index contributed by atoms with van der Waals surface area (Å²) in [5.41, 5.74) is -0.0473. The molecule has 0 amide bonds. The van der Waals surface area contributed by atoms with Crippen molar-refractivity contribution >= 4 is 0 Å². The average Bonchev–Trinajstić information content (AvgIpc) is 2.24. The van der Waals surface area contributed by atoms with Crippen molar-refractivity contribution in [3.63, 3.8) is 0 Å². The van der Waals surface area contributed by atoms with Crippen molar-refractivity contribution in [3.05, 3.63) is 35.4 Å². The van der Waals surface area contributed by atoms with Gasteiger partial charge in [0, 0.05) is 0 Å². The lowest BCUT2D eigenvalue weighted by molar-refractivity contribution is -0.137. The number of hydrogen-bond donors (Lipinski definition) is 1. The first kappa shape index (κ1) is 15.0. The van der Waals surface area contributed by atoms with E-state index in [9.17, 15) is 18.3 Å². The van der Waals surface area contributed by atoms with Gasteiger partial charge in [0.05, 0.1) is 11.7 Å². The molecule has 0 aromatic heterocycles. The van der Waals surface area contributed by atoms with Gasteiger partial charge < -0.3 is 5.11 Å². The zero-order valence-corrected chi connectivity index (χ0v) is 10.9. The Kier molecular flexibility index (Phi) is 4.43. The zero-order valence-electron chi connectivity index (χ0n) is 10.9. The molecule has 1 aromatic rings. The third kappa shape index (κ3) is 4.69. The maximum atomic E-state index is 12.4. The molecule has 0 saturated carbocycles. The number of hydrogen-bond acceptors (Lipinski definition) is 1. The van der Waals surface area contributed by atoms with Crippen LogP contribution < -0.4 is 0 Å². The largest absolute Gasteiger partial charge is 0.416 e. The number of alkyl halides is 3. The standard InChI is InChI=1S/C14H19F3O/c1-13(2,3)9-8-12(18)10-4-6-11(7-5-10)14(15,16)17/h4-7,12,18H,8-9H2,1-3H3. The van der Waals surface area contributed by atoms with Gasteiger partial charge in [0.25, 0.3) is 0 Å². The highest BCUT2D eigenvalue weighted by atomic mass is 19.4. The van der Waals surface area contributed by atoms with Crippen LogP contribution in [0.3, 0.4) is 0 Å². The van der Waals surface area contributed by atoms with Gasteiger partial charge in [-0.25, -0.2) is 0 Å². The van der Waals surface area contributed by atoms with Crippen molar-refractivity contribution in [1.29, 1.82) is 0 Å². The second-order valence-electron chi connectivity index (χ2n) is 5.73. The second-order valence-corrected chi connectivity index (χ2v) is 5.73. The lowest BCUT2D eigenvalue weighted by Gasteiger charge is -2.20. The maximum absolute atomic E-state index is 12.4. The molecule has 1 atom stereocenters. The summed E-state index contributed by atoms with van der Waals surface area (Å²) in [7, 11) is 0. The van der Waals surface area contributed by atoms with E-state index in [0.717, 1.165) is 18.6 Å². The molecule has 0 radical (unpaired) electrons. The Morgan fingerprint density at radius 3 is 1.94 bits per heavy atom. The van der Waals surface area contributed by atoms with E-state index in [0.29, 0.717) is 12.0 Å². The van der Waals surface area contributed by atoms with Crippen LogP contribution in [0.15, 0.2) is 24.3 Å². The highest BCUT2D eigenvalue weighted by Gasteiger charge is 2.30. The molecule has 1 N–H and O–H groups in total. The lowest BCUT2D eigenvalue weighted by Crippen LogP contribution is -2.09. The number of aliphatic hydroxyl groups excluding tert-OH is 1. The van der Waals surface area contributed by atoms with E-state index in [1.54, 1.807) is 0 Å². The Morgan fingerprint density at radius 2 is 1.56 bits per heavy atom. The molecule has 102 valence electrons. The number of rotatable bonds is 3. The van der Waals surface area contributed by atoms with Gasteiger partial charge in [0.1, 0.15) is 0 Å². The molecule has 18 heavy (non-hydrogen) atoms. The summed E-state index contributed by atoms with van der Waals surface area (Å²) in [4.78, 5) is 0. The van der Waals surface area contributed by atoms with Crippen LogP contribution in [0.25, 0.3) is 0 Å². The predicted molar refractivity (Wildman–Crippen MR) is 65.1 cm³/mol. The van der Waals surface area contributed by atoms with Crippen molar-refractivity contribution < 1.29 is 18.3 Å². The van der Waals surface area contributed by atoms with E-state index in [2.05, 4.69) is 20.8 Å². The molecular weight excluding hydrogens is 241 g/mol. The van der Waals surface area contributed by atoms with Crippen LogP contribution in [0.5, 0.6) is 0 Å². The highest BCUT2D eigenvalue weighted by molar-refractivity contribution is 5.25. The molecule has 0 aliphatic heterocycles. The fraction of sp³-hybridized carbons (Fsp3) is 0.571. The highest BCUT2D eigenvalue weighted by Crippen LogP contribution is 2.31. The molecule has 0 spiro atoms. The third-order valence-electron chi connectivity index (χ3n) is 2.79. The molecule has 0 aliphatic rings. The second kappa shape index (κ2) is 5.31. The van der Waals surface area contributed by atoms with Crippen molar-refractivity contribution in [1.82, 2.24) is 0 Å². The van der Waals surface area contributed by atoms with Crippen LogP contribution in [-0.2, 0) is 6.18 Å². The molecule has 1 rings (SSSR count). The molecule has 4 heteroatoms. The van der Waals surface area contributed by atoms with Crippen LogP contribution in [-0.4, -0.2) is 5.11 Å². The summed E-state index contributed by atoms with van der Waals surface area (Å²) in [6.45, 7) is 6.19. The first-order chi connectivity index (χ1) is 8.09. The van der Waals surface area contributed by atoms with Crippen LogP contribution >= 0.6 is 0 Å². The summed E-state index contributed by atoms with van der Waals surface area (Å²) < 4.78 is 37.1. The number of halogens is 3. The summed E-state index contributed by atoms with van der Waals surface area (Å²) in [5.74, 6) is 0. The first-order valence-electron chi connectivity index (χ1n) is 5.95. The van der Waals surface area contributed by atoms with E-state index < -0.39 is 17.8 Å². The summed E-state index contributed by atoms with van der Waals surface area (Å²) >= 11 is 0. The van der Waals surface area contributed by atoms with Crippen LogP contribution in [0.2, 0.25) is 0 Å². The molecule has 0 heterocycles. The number of aliphatic hydroxyl groups is 1. The Bertz CT molecular complexity index is 374. The molecule has 1 nitrogen and oxygen atoms in total. The van der Waals surface area contributed by atoms with Crippen LogP contribution in [0.4, 0.5) is 13.2 Å². The van der Waals surface area contributed by atoms with E-state index in [1.165, 1.54) is 12.1 Å². The van der Waals surface area contributed by atoms with Gasteiger partial charge in [-0.15, -0.1) is 0 Å². The Morgan fingerprint density at radius 1 is 1.06 bits per heavy atom. The van der Waals surface area contributed by atoms with Gasteiger partial charge in [0.2, 0.25) is 0 Å². The maximum Gasteiger partial charge on any atom is 0.416 e. The van der Waals surface area contributed by atoms with Gasteiger partial charge in [-0.1, -0.05) is 32.9 Å². The summed E-state index contributed by atoms with van der Waals surface area (Å²) in [6, 6.07) is 4.71. The van der Waals surface area contributed by atoms with Gasteiger partial charge in [-0.2, -0.15) is 13.2 Å². The molecule has 0 fully saturated rings. The molecular formula is C14H19F3O. The third-order valence-corrected chi connectivity index (χ3v) is 2.79. The van der Waals surface area contributed by atoms with E-state index >= 15 is 0 Å². The zero-order chi connectivity index (χ0) is 14.0. The SMILES string of the molecule is CC(C)(C)CCC(O)c1ccc(C(F)(F)F)cc1. The van der Waals surface area contributed by atoms with Crippen LogP contribution in [0.1, 0.15) is 50.8 Å². The van der Waals surface area contributed by atoms with Gasteiger partial charge >= 0.3 is 6.18 Å². The smallest absolute Gasteiger partial charge is 0.388 e. The molecule has 0 bridgehead atoms. The Balaban J connectivity index is 2.68. The van der Waals surface area contributed by atoms with Gasteiger partial charge in [-0.3, -0.25) is 0 Å². The van der Waals surface area contributed by atoms with Gasteiger partial charge in [-0.05, 0) is 36.0 Å². The van der Waals surface area contributed by atoms with Crippen molar-refractivity contribution in [3.8, 4) is 0 Å². The van der Waals surface area contributed by atoms with E-state index in [1.807, 2.05) is 0 Å². The van der Waals surface area contributed by atoms with Gasteiger partial charge in [0.15, 0.2) is 0 Å². The van der Waals surface area contributed by atoms with Crippen molar-refractivity contribution in [2.45, 2.75) is 45.9 Å². The molecule has 0 saturated heterocycles. The molecule has 1 aromatic carbocycles. The minimum Gasteiger partial charge on any atom is -0.388 e. The van der Waals surface area contributed by atoms with Crippen LogP contribution in [0, 0.1) is 5.41 Å². The fourth-order valence-electron chi connectivity index (χ4n) is 1.63. The lowest BCUT2D eigenvalue weighted by atomic mass is 9.88. The average molecular weight is 260 g/mol. The molecule has 1 unspecified atom stereocenters. The van der Waals surface area contributed by atoms with E-state index in [4.69, 9.17) is 0 Å². The van der Waals surface area contributed by atoms with Crippen molar-refractivity contribution in [2.75, 3.05) is 0 Å². The quantitative estimate of drug-likeness (QED) is 0.844. The Hall–Kier alpha value is -1.03. The normalized spacial score (nSPS) is 14.6. The predicted octanol–water partition coefficient (Wildman–Crippen LogP) is 4.57. The minimum atomic E-state index is -4.32. The Labute approximate surface area is 106 Å². The summed E-state index contributed by atoms with van der Waals surface area (Å²) in [5, 5.41) is 9.90. The van der Waals surface area contributed by atoms with E-state index in [-0.39, 0.29) is 5.41 Å². The van der Waals surface area contributed by atoms with Crippen molar-refractivity contribution in [2.24, 2.45) is 5.41 Å². The molecule has 0 aliphatic carbocycles. The first-order valence-corrected chi connectivity index (χ1v) is 5.95. The monoisotopic (exact) mass is 260 g/mol.